The van der Waals surface area contributed by atoms with Crippen LogP contribution in [0.1, 0.15) is 21.3 Å². The highest BCUT2D eigenvalue weighted by molar-refractivity contribution is 7.11. The second kappa shape index (κ2) is 5.70. The molecule has 3 aromatic rings. The molecule has 0 aliphatic carbocycles. The van der Waals surface area contributed by atoms with Crippen molar-refractivity contribution in [1.29, 1.82) is 0 Å². The van der Waals surface area contributed by atoms with Crippen LogP contribution in [-0.4, -0.2) is 30.8 Å². The lowest BCUT2D eigenvalue weighted by molar-refractivity contribution is 0.208. The van der Waals surface area contributed by atoms with Gasteiger partial charge in [0.05, 0.1) is 25.0 Å². The summed E-state index contributed by atoms with van der Waals surface area (Å²) < 4.78 is 4.29. The van der Waals surface area contributed by atoms with Crippen molar-refractivity contribution in [1.82, 2.24) is 24.2 Å². The minimum absolute atomic E-state index is 0.796. The van der Waals surface area contributed by atoms with E-state index in [1.165, 1.54) is 21.3 Å². The highest BCUT2D eigenvalue weighted by atomic mass is 32.1. The van der Waals surface area contributed by atoms with Crippen LogP contribution in [0.25, 0.3) is 0 Å². The first kappa shape index (κ1) is 13.7. The lowest BCUT2D eigenvalue weighted by Crippen LogP contribution is -2.34. The molecular formula is C16H19N5S. The SMILES string of the molecule is Cc1ccc(CN2CCn3c(Cn4cccn4)cnc3C2)s1. The van der Waals surface area contributed by atoms with E-state index in [0.29, 0.717) is 0 Å². The van der Waals surface area contributed by atoms with E-state index in [0.717, 1.165) is 32.7 Å². The first-order chi connectivity index (χ1) is 10.8. The first-order valence-electron chi connectivity index (χ1n) is 7.56. The molecule has 4 rings (SSSR count). The normalized spacial score (nSPS) is 15.1. The topological polar surface area (TPSA) is 38.9 Å². The van der Waals surface area contributed by atoms with Crippen LogP contribution in [0.5, 0.6) is 0 Å². The molecule has 0 unspecified atom stereocenters. The maximum Gasteiger partial charge on any atom is 0.123 e. The average molecular weight is 313 g/mol. The van der Waals surface area contributed by atoms with Crippen molar-refractivity contribution in [2.45, 2.75) is 33.1 Å². The number of fused-ring (bicyclic) bond motifs is 1. The number of imidazole rings is 1. The van der Waals surface area contributed by atoms with Crippen molar-refractivity contribution in [2.75, 3.05) is 6.54 Å². The van der Waals surface area contributed by atoms with Crippen molar-refractivity contribution in [2.24, 2.45) is 0 Å². The van der Waals surface area contributed by atoms with E-state index >= 15 is 0 Å². The summed E-state index contributed by atoms with van der Waals surface area (Å²) in [5.74, 6) is 1.17. The van der Waals surface area contributed by atoms with E-state index in [1.54, 1.807) is 0 Å². The quantitative estimate of drug-likeness (QED) is 0.743. The molecule has 6 heteroatoms. The molecule has 0 aromatic carbocycles. The Morgan fingerprint density at radius 3 is 2.95 bits per heavy atom. The summed E-state index contributed by atoms with van der Waals surface area (Å²) in [6.07, 6.45) is 5.81. The molecule has 114 valence electrons. The summed E-state index contributed by atoms with van der Waals surface area (Å²) in [5, 5.41) is 4.28. The molecule has 5 nitrogen and oxygen atoms in total. The smallest absolute Gasteiger partial charge is 0.123 e. The molecular weight excluding hydrogens is 294 g/mol. The Morgan fingerprint density at radius 1 is 1.23 bits per heavy atom. The second-order valence-electron chi connectivity index (χ2n) is 5.74. The number of aromatic nitrogens is 4. The van der Waals surface area contributed by atoms with Crippen LogP contribution in [0, 0.1) is 6.92 Å². The van der Waals surface area contributed by atoms with Gasteiger partial charge in [-0.3, -0.25) is 9.58 Å². The zero-order chi connectivity index (χ0) is 14.9. The molecule has 0 radical (unpaired) electrons. The molecule has 0 N–H and O–H groups in total. The van der Waals surface area contributed by atoms with Gasteiger partial charge in [0.25, 0.3) is 0 Å². The van der Waals surface area contributed by atoms with Crippen LogP contribution < -0.4 is 0 Å². The van der Waals surface area contributed by atoms with E-state index < -0.39 is 0 Å². The van der Waals surface area contributed by atoms with E-state index in [4.69, 9.17) is 0 Å². The first-order valence-corrected chi connectivity index (χ1v) is 8.38. The van der Waals surface area contributed by atoms with Crippen molar-refractivity contribution >= 4 is 11.3 Å². The van der Waals surface area contributed by atoms with Crippen molar-refractivity contribution < 1.29 is 0 Å². The Morgan fingerprint density at radius 2 is 2.18 bits per heavy atom. The van der Waals surface area contributed by atoms with Crippen LogP contribution in [0.4, 0.5) is 0 Å². The van der Waals surface area contributed by atoms with Crippen molar-refractivity contribution in [3.8, 4) is 0 Å². The molecule has 3 aromatic heterocycles. The summed E-state index contributed by atoms with van der Waals surface area (Å²) in [6, 6.07) is 6.40. The molecule has 4 heterocycles. The molecule has 22 heavy (non-hydrogen) atoms. The Labute approximate surface area is 133 Å². The monoisotopic (exact) mass is 313 g/mol. The molecule has 0 fully saturated rings. The zero-order valence-corrected chi connectivity index (χ0v) is 13.5. The maximum absolute atomic E-state index is 4.62. The Kier molecular flexibility index (Phi) is 3.56. The summed E-state index contributed by atoms with van der Waals surface area (Å²) in [7, 11) is 0. The lowest BCUT2D eigenvalue weighted by atomic mass is 10.3. The number of aryl methyl sites for hydroxylation is 1. The highest BCUT2D eigenvalue weighted by Crippen LogP contribution is 2.21. The third-order valence-electron chi connectivity index (χ3n) is 4.08. The number of thiophene rings is 1. The minimum Gasteiger partial charge on any atom is -0.328 e. The number of nitrogens with zero attached hydrogens (tertiary/aromatic N) is 5. The molecule has 0 atom stereocenters. The van der Waals surface area contributed by atoms with E-state index in [1.807, 2.05) is 40.7 Å². The fourth-order valence-corrected chi connectivity index (χ4v) is 3.92. The third-order valence-corrected chi connectivity index (χ3v) is 5.07. The van der Waals surface area contributed by atoms with Gasteiger partial charge >= 0.3 is 0 Å². The Balaban J connectivity index is 1.46. The van der Waals surface area contributed by atoms with Crippen LogP contribution in [0.2, 0.25) is 0 Å². The summed E-state index contributed by atoms with van der Waals surface area (Å²) in [6.45, 7) is 7.00. The minimum atomic E-state index is 0.796. The van der Waals surface area contributed by atoms with Gasteiger partial charge in [0.15, 0.2) is 0 Å². The van der Waals surface area contributed by atoms with Gasteiger partial charge in [-0.05, 0) is 25.1 Å². The lowest BCUT2D eigenvalue weighted by Gasteiger charge is -2.28. The van der Waals surface area contributed by atoms with Gasteiger partial charge in [-0.25, -0.2) is 4.98 Å². The molecule has 0 saturated heterocycles. The summed E-state index contributed by atoms with van der Waals surface area (Å²) in [4.78, 5) is 9.92. The standard InChI is InChI=1S/C16H19N5S/c1-13-3-4-15(22-13)11-19-7-8-21-14(9-17-16(21)12-19)10-20-6-2-5-18-20/h2-6,9H,7-8,10-12H2,1H3. The second-order valence-corrected chi connectivity index (χ2v) is 7.12. The van der Waals surface area contributed by atoms with Gasteiger partial charge < -0.3 is 4.57 Å². The van der Waals surface area contributed by atoms with E-state index in [-0.39, 0.29) is 0 Å². The largest absolute Gasteiger partial charge is 0.328 e. The maximum atomic E-state index is 4.62. The molecule has 0 amide bonds. The molecule has 0 saturated carbocycles. The number of hydrogen-bond acceptors (Lipinski definition) is 4. The van der Waals surface area contributed by atoms with Crippen LogP contribution in [0.15, 0.2) is 36.8 Å². The van der Waals surface area contributed by atoms with Crippen LogP contribution >= 0.6 is 11.3 Å². The van der Waals surface area contributed by atoms with Gasteiger partial charge in [-0.1, -0.05) is 0 Å². The van der Waals surface area contributed by atoms with Gasteiger partial charge in [0, 0.05) is 41.8 Å². The Bertz CT molecular complexity index is 755. The van der Waals surface area contributed by atoms with Gasteiger partial charge in [0.2, 0.25) is 0 Å². The van der Waals surface area contributed by atoms with Crippen LogP contribution in [0.3, 0.4) is 0 Å². The molecule has 1 aliphatic rings. The summed E-state index contributed by atoms with van der Waals surface area (Å²) >= 11 is 1.89. The number of rotatable bonds is 4. The van der Waals surface area contributed by atoms with Gasteiger partial charge in [-0.2, -0.15) is 5.10 Å². The van der Waals surface area contributed by atoms with Gasteiger partial charge in [0.1, 0.15) is 5.82 Å². The summed E-state index contributed by atoms with van der Waals surface area (Å²) in [5.41, 5.74) is 1.24. The van der Waals surface area contributed by atoms with E-state index in [9.17, 15) is 0 Å². The predicted molar refractivity (Wildman–Crippen MR) is 86.7 cm³/mol. The number of hydrogen-bond donors (Lipinski definition) is 0. The third kappa shape index (κ3) is 2.71. The fourth-order valence-electron chi connectivity index (χ4n) is 2.99. The van der Waals surface area contributed by atoms with Crippen molar-refractivity contribution in [3.05, 3.63) is 58.1 Å². The zero-order valence-electron chi connectivity index (χ0n) is 12.6. The highest BCUT2D eigenvalue weighted by Gasteiger charge is 2.20. The van der Waals surface area contributed by atoms with Crippen molar-refractivity contribution in [3.63, 3.8) is 0 Å². The fraction of sp³-hybridized carbons (Fsp3) is 0.375. The Hall–Kier alpha value is -1.92. The van der Waals surface area contributed by atoms with Crippen LogP contribution in [-0.2, 0) is 26.2 Å². The molecule has 0 bridgehead atoms. The van der Waals surface area contributed by atoms with E-state index in [2.05, 4.69) is 38.6 Å². The predicted octanol–water partition coefficient (Wildman–Crippen LogP) is 2.51. The molecule has 0 spiro atoms. The molecule has 1 aliphatic heterocycles. The average Bonchev–Trinajstić information content (AvgIpc) is 3.23. The van der Waals surface area contributed by atoms with Gasteiger partial charge in [-0.15, -0.1) is 11.3 Å².